The maximum atomic E-state index is 13.6. The zero-order valence-electron chi connectivity index (χ0n) is 18.7. The molecule has 1 aromatic heterocycles. The monoisotopic (exact) mass is 515 g/mol. The summed E-state index contributed by atoms with van der Waals surface area (Å²) in [6.45, 7) is 4.40. The zero-order valence-corrected chi connectivity index (χ0v) is 20.3. The second kappa shape index (κ2) is 9.54. The summed E-state index contributed by atoms with van der Waals surface area (Å²) in [6, 6.07) is 22.0. The molecule has 0 saturated carbocycles. The summed E-state index contributed by atoms with van der Waals surface area (Å²) in [5.41, 5.74) is 4.06. The molecule has 34 heavy (non-hydrogen) atoms. The molecule has 1 heterocycles. The van der Waals surface area contributed by atoms with E-state index in [1.165, 1.54) is 0 Å². The minimum Gasteiger partial charge on any atom is -0.477 e. The lowest BCUT2D eigenvalue weighted by Crippen LogP contribution is -2.30. The summed E-state index contributed by atoms with van der Waals surface area (Å²) in [5.74, 6) is -1.20. The topological polar surface area (TPSA) is 86.3 Å². The number of aromatic nitrogens is 1. The van der Waals surface area contributed by atoms with Crippen LogP contribution in [0.3, 0.4) is 0 Å². The first-order chi connectivity index (χ1) is 16.3. The lowest BCUT2D eigenvalue weighted by Gasteiger charge is -2.24. The average molecular weight is 516 g/mol. The van der Waals surface area contributed by atoms with Gasteiger partial charge in [0.25, 0.3) is 5.91 Å². The predicted octanol–water partition coefficient (Wildman–Crippen LogP) is 6.15. The molecule has 0 aliphatic carbocycles. The molecule has 4 aromatic rings. The molecule has 3 aromatic carbocycles. The Hall–Kier alpha value is -3.89. The van der Waals surface area contributed by atoms with E-state index in [2.05, 4.69) is 22.0 Å². The van der Waals surface area contributed by atoms with Crippen molar-refractivity contribution in [3.05, 3.63) is 99.2 Å². The number of benzene rings is 3. The highest BCUT2D eigenvalue weighted by Gasteiger charge is 2.23. The Morgan fingerprint density at radius 2 is 1.79 bits per heavy atom. The van der Waals surface area contributed by atoms with Gasteiger partial charge in [0.1, 0.15) is 5.69 Å². The molecule has 1 N–H and O–H groups in total. The summed E-state index contributed by atoms with van der Waals surface area (Å²) >= 11 is 3.40. The van der Waals surface area contributed by atoms with Gasteiger partial charge in [0.05, 0.1) is 18.2 Å². The van der Waals surface area contributed by atoms with E-state index in [-0.39, 0.29) is 18.1 Å². The van der Waals surface area contributed by atoms with E-state index in [0.29, 0.717) is 28.9 Å². The van der Waals surface area contributed by atoms with Crippen LogP contribution in [0, 0.1) is 18.3 Å². The standard InChI is InChI=1S/C27H22BrN3O3/c1-3-30-24-13-12-22(14-23(24)17(2)25(30)27(33)34)31(16-20-7-5-4-6-19(20)15-29)26(32)18-8-10-21(28)11-9-18/h4-14H,3,16H2,1-2H3,(H,33,34). The molecule has 0 radical (unpaired) electrons. The number of hydrogen-bond acceptors (Lipinski definition) is 3. The number of nitriles is 1. The van der Waals surface area contributed by atoms with Crippen LogP contribution in [0.5, 0.6) is 0 Å². The Morgan fingerprint density at radius 3 is 2.44 bits per heavy atom. The van der Waals surface area contributed by atoms with Gasteiger partial charge in [-0.1, -0.05) is 34.1 Å². The van der Waals surface area contributed by atoms with E-state index < -0.39 is 5.97 Å². The third kappa shape index (κ3) is 4.20. The Labute approximate surface area is 205 Å². The van der Waals surface area contributed by atoms with Crippen LogP contribution in [0.4, 0.5) is 5.69 Å². The van der Waals surface area contributed by atoms with Gasteiger partial charge in [-0.3, -0.25) is 4.79 Å². The molecule has 0 fully saturated rings. The number of amides is 1. The molecule has 0 bridgehead atoms. The van der Waals surface area contributed by atoms with Gasteiger partial charge in [-0.15, -0.1) is 0 Å². The van der Waals surface area contributed by atoms with E-state index in [1.807, 2.05) is 49.4 Å². The van der Waals surface area contributed by atoms with Crippen LogP contribution in [0.15, 0.2) is 71.2 Å². The van der Waals surface area contributed by atoms with Gasteiger partial charge in [0, 0.05) is 33.2 Å². The van der Waals surface area contributed by atoms with E-state index in [9.17, 15) is 20.0 Å². The number of carbonyl (C=O) groups is 2. The molecule has 0 saturated heterocycles. The van der Waals surface area contributed by atoms with E-state index >= 15 is 0 Å². The maximum absolute atomic E-state index is 13.6. The highest BCUT2D eigenvalue weighted by molar-refractivity contribution is 9.10. The number of carboxylic acid groups (broad SMARTS) is 1. The SMILES string of the molecule is CCn1c(C(=O)O)c(C)c2cc(N(Cc3ccccc3C#N)C(=O)c3ccc(Br)cc3)ccc21. The Morgan fingerprint density at radius 1 is 1.09 bits per heavy atom. The first kappa shape index (κ1) is 23.3. The summed E-state index contributed by atoms with van der Waals surface area (Å²) in [5, 5.41) is 20.1. The van der Waals surface area contributed by atoms with E-state index in [0.717, 1.165) is 20.9 Å². The van der Waals surface area contributed by atoms with Crippen LogP contribution < -0.4 is 4.90 Å². The van der Waals surface area contributed by atoms with Crippen molar-refractivity contribution in [2.45, 2.75) is 26.9 Å². The van der Waals surface area contributed by atoms with Gasteiger partial charge in [0.15, 0.2) is 0 Å². The lowest BCUT2D eigenvalue weighted by atomic mass is 10.1. The Bertz CT molecular complexity index is 1450. The largest absolute Gasteiger partial charge is 0.477 e. The average Bonchev–Trinajstić information content (AvgIpc) is 3.14. The molecule has 4 rings (SSSR count). The van der Waals surface area contributed by atoms with Crippen LogP contribution >= 0.6 is 15.9 Å². The van der Waals surface area contributed by atoms with Gasteiger partial charge in [0.2, 0.25) is 0 Å². The maximum Gasteiger partial charge on any atom is 0.352 e. The van der Waals surface area contributed by atoms with Crippen molar-refractivity contribution in [2.75, 3.05) is 4.90 Å². The normalized spacial score (nSPS) is 10.8. The number of hydrogen-bond donors (Lipinski definition) is 1. The van der Waals surface area contributed by atoms with Crippen LogP contribution in [0.25, 0.3) is 10.9 Å². The van der Waals surface area contributed by atoms with Crippen molar-refractivity contribution in [3.8, 4) is 6.07 Å². The number of halogens is 1. The fourth-order valence-corrected chi connectivity index (χ4v) is 4.51. The molecule has 0 aliphatic rings. The first-order valence-corrected chi connectivity index (χ1v) is 11.6. The number of fused-ring (bicyclic) bond motifs is 1. The molecule has 0 unspecified atom stereocenters. The number of aromatic carboxylic acids is 1. The van der Waals surface area contributed by atoms with Crippen molar-refractivity contribution >= 4 is 44.4 Å². The van der Waals surface area contributed by atoms with E-state index in [1.54, 1.807) is 40.7 Å². The highest BCUT2D eigenvalue weighted by atomic mass is 79.9. The smallest absolute Gasteiger partial charge is 0.352 e. The quantitative estimate of drug-likeness (QED) is 0.333. The third-order valence-corrected chi connectivity index (χ3v) is 6.46. The van der Waals surface area contributed by atoms with Gasteiger partial charge in [-0.25, -0.2) is 4.79 Å². The second-order valence-electron chi connectivity index (χ2n) is 7.89. The van der Waals surface area contributed by atoms with Gasteiger partial charge in [-0.2, -0.15) is 5.26 Å². The highest BCUT2D eigenvalue weighted by Crippen LogP contribution is 2.31. The molecule has 6 nitrogen and oxygen atoms in total. The van der Waals surface area contributed by atoms with Crippen LogP contribution in [-0.4, -0.2) is 21.6 Å². The van der Waals surface area contributed by atoms with E-state index in [4.69, 9.17) is 0 Å². The summed E-state index contributed by atoms with van der Waals surface area (Å²) < 4.78 is 2.63. The summed E-state index contributed by atoms with van der Waals surface area (Å²) in [7, 11) is 0. The number of carboxylic acids is 1. The number of aryl methyl sites for hydroxylation is 2. The fourth-order valence-electron chi connectivity index (χ4n) is 4.25. The van der Waals surface area contributed by atoms with Gasteiger partial charge in [-0.05, 0) is 73.5 Å². The van der Waals surface area contributed by atoms with Crippen molar-refractivity contribution in [2.24, 2.45) is 0 Å². The molecule has 1 amide bonds. The molecule has 170 valence electrons. The molecule has 0 spiro atoms. The minimum atomic E-state index is -0.983. The van der Waals surface area contributed by atoms with Gasteiger partial charge >= 0.3 is 5.97 Å². The number of nitrogens with zero attached hydrogens (tertiary/aromatic N) is 3. The number of rotatable bonds is 6. The van der Waals surface area contributed by atoms with Crippen LogP contribution in [-0.2, 0) is 13.1 Å². The Kier molecular flexibility index (Phi) is 6.53. The second-order valence-corrected chi connectivity index (χ2v) is 8.81. The van der Waals surface area contributed by atoms with Crippen molar-refractivity contribution in [1.82, 2.24) is 4.57 Å². The number of carbonyl (C=O) groups excluding carboxylic acids is 1. The van der Waals surface area contributed by atoms with Crippen molar-refractivity contribution < 1.29 is 14.7 Å². The fraction of sp³-hybridized carbons (Fsp3) is 0.148. The summed E-state index contributed by atoms with van der Waals surface area (Å²) in [4.78, 5) is 27.2. The molecule has 7 heteroatoms. The lowest BCUT2D eigenvalue weighted by molar-refractivity contribution is 0.0684. The van der Waals surface area contributed by atoms with Crippen LogP contribution in [0.2, 0.25) is 0 Å². The predicted molar refractivity (Wildman–Crippen MR) is 135 cm³/mol. The number of anilines is 1. The molecule has 0 aliphatic heterocycles. The molecular formula is C27H22BrN3O3. The van der Waals surface area contributed by atoms with Crippen molar-refractivity contribution in [1.29, 1.82) is 5.26 Å². The van der Waals surface area contributed by atoms with Crippen molar-refractivity contribution in [3.63, 3.8) is 0 Å². The van der Waals surface area contributed by atoms with Crippen LogP contribution in [0.1, 0.15) is 44.5 Å². The summed E-state index contributed by atoms with van der Waals surface area (Å²) in [6.07, 6.45) is 0. The third-order valence-electron chi connectivity index (χ3n) is 5.93. The minimum absolute atomic E-state index is 0.198. The zero-order chi connectivity index (χ0) is 24.4. The van der Waals surface area contributed by atoms with Gasteiger partial charge < -0.3 is 14.6 Å². The Balaban J connectivity index is 1.88. The molecule has 0 atom stereocenters. The first-order valence-electron chi connectivity index (χ1n) is 10.8. The molecular weight excluding hydrogens is 494 g/mol.